The largest absolute Gasteiger partial charge is 0.368 e. The zero-order valence-electron chi connectivity index (χ0n) is 10.1. The van der Waals surface area contributed by atoms with Crippen molar-refractivity contribution in [1.82, 2.24) is 29.7 Å². The van der Waals surface area contributed by atoms with Gasteiger partial charge in [-0.05, 0) is 27.4 Å². The molecule has 102 valence electrons. The number of hydrogen-bond acceptors (Lipinski definition) is 8. The molecule has 0 aromatic carbocycles. The van der Waals surface area contributed by atoms with Gasteiger partial charge in [0.25, 0.3) is 5.95 Å². The number of nitrogens with two attached hydrogens (primary N) is 1. The molecule has 3 rings (SSSR count). The number of nitrogens with zero attached hydrogens (tertiary/aromatic N) is 6. The standard InChI is InChI=1S/C10H9BrN8S/c11-6-1-2-20-7(6)3-14-9-16-8(12)17-10(18-9)19-5-13-4-15-19/h1-2,4-5H,3H2,(H3,12,14,16,17,18). The highest BCUT2D eigenvalue weighted by Gasteiger charge is 2.08. The summed E-state index contributed by atoms with van der Waals surface area (Å²) in [6, 6.07) is 1.99. The van der Waals surface area contributed by atoms with E-state index in [1.807, 2.05) is 11.4 Å². The van der Waals surface area contributed by atoms with Crippen molar-refractivity contribution in [3.8, 4) is 5.95 Å². The molecular weight excluding hydrogens is 344 g/mol. The number of nitrogens with one attached hydrogen (secondary N) is 1. The third-order valence-electron chi connectivity index (χ3n) is 2.36. The average molecular weight is 353 g/mol. The third kappa shape index (κ3) is 2.75. The number of nitrogen functional groups attached to an aromatic ring is 1. The SMILES string of the molecule is Nc1nc(NCc2sccc2Br)nc(-n2cncn2)n1. The second-order valence-corrected chi connectivity index (χ2v) is 5.56. The molecule has 0 atom stereocenters. The van der Waals surface area contributed by atoms with E-state index in [0.29, 0.717) is 18.4 Å². The van der Waals surface area contributed by atoms with Crippen molar-refractivity contribution >= 4 is 39.2 Å². The second kappa shape index (κ2) is 5.51. The number of rotatable bonds is 4. The first-order valence-electron chi connectivity index (χ1n) is 5.54. The van der Waals surface area contributed by atoms with Crippen LogP contribution in [0.4, 0.5) is 11.9 Å². The van der Waals surface area contributed by atoms with E-state index in [1.54, 1.807) is 11.3 Å². The van der Waals surface area contributed by atoms with Crippen LogP contribution in [-0.4, -0.2) is 29.7 Å². The lowest BCUT2D eigenvalue weighted by Crippen LogP contribution is -2.11. The highest BCUT2D eigenvalue weighted by atomic mass is 79.9. The first-order valence-corrected chi connectivity index (χ1v) is 7.22. The Morgan fingerprint density at radius 2 is 2.25 bits per heavy atom. The van der Waals surface area contributed by atoms with Crippen LogP contribution in [0.2, 0.25) is 0 Å². The highest BCUT2D eigenvalue weighted by molar-refractivity contribution is 9.10. The minimum absolute atomic E-state index is 0.123. The Hall–Kier alpha value is -2.07. The van der Waals surface area contributed by atoms with E-state index in [9.17, 15) is 0 Å². The number of halogens is 1. The van der Waals surface area contributed by atoms with Crippen LogP contribution in [0.3, 0.4) is 0 Å². The van der Waals surface area contributed by atoms with Crippen molar-refractivity contribution in [2.24, 2.45) is 0 Å². The first-order chi connectivity index (χ1) is 9.72. The molecule has 0 unspecified atom stereocenters. The fourth-order valence-electron chi connectivity index (χ4n) is 1.48. The molecule has 3 aromatic rings. The van der Waals surface area contributed by atoms with Gasteiger partial charge in [0, 0.05) is 9.35 Å². The number of anilines is 2. The lowest BCUT2D eigenvalue weighted by molar-refractivity contribution is 0.797. The van der Waals surface area contributed by atoms with Gasteiger partial charge in [0.05, 0.1) is 6.54 Å². The second-order valence-electron chi connectivity index (χ2n) is 3.70. The van der Waals surface area contributed by atoms with Gasteiger partial charge in [0.2, 0.25) is 11.9 Å². The Balaban J connectivity index is 1.81. The van der Waals surface area contributed by atoms with Crippen LogP contribution in [-0.2, 0) is 6.54 Å². The summed E-state index contributed by atoms with van der Waals surface area (Å²) in [5, 5.41) is 9.07. The molecule has 20 heavy (non-hydrogen) atoms. The van der Waals surface area contributed by atoms with Crippen LogP contribution in [0, 0.1) is 0 Å². The van der Waals surface area contributed by atoms with Gasteiger partial charge in [0.15, 0.2) is 0 Å². The molecule has 0 amide bonds. The minimum Gasteiger partial charge on any atom is -0.368 e. The molecule has 0 fully saturated rings. The summed E-state index contributed by atoms with van der Waals surface area (Å²) in [4.78, 5) is 17.3. The Morgan fingerprint density at radius 3 is 2.95 bits per heavy atom. The molecule has 0 aliphatic rings. The van der Waals surface area contributed by atoms with Gasteiger partial charge < -0.3 is 11.1 Å². The summed E-state index contributed by atoms with van der Waals surface area (Å²) in [6.07, 6.45) is 2.89. The van der Waals surface area contributed by atoms with Crippen LogP contribution < -0.4 is 11.1 Å². The number of hydrogen-bond donors (Lipinski definition) is 2. The highest BCUT2D eigenvalue weighted by Crippen LogP contribution is 2.23. The van der Waals surface area contributed by atoms with Crippen LogP contribution in [0.5, 0.6) is 0 Å². The summed E-state index contributed by atoms with van der Waals surface area (Å²) < 4.78 is 2.47. The van der Waals surface area contributed by atoms with Crippen molar-refractivity contribution < 1.29 is 0 Å². The van der Waals surface area contributed by atoms with E-state index in [-0.39, 0.29) is 5.95 Å². The van der Waals surface area contributed by atoms with E-state index >= 15 is 0 Å². The zero-order valence-corrected chi connectivity index (χ0v) is 12.5. The fourth-order valence-corrected chi connectivity index (χ4v) is 2.92. The quantitative estimate of drug-likeness (QED) is 0.731. The molecule has 0 spiro atoms. The van der Waals surface area contributed by atoms with Crippen molar-refractivity contribution in [3.05, 3.63) is 33.5 Å². The van der Waals surface area contributed by atoms with Gasteiger partial charge in [-0.2, -0.15) is 24.7 Å². The average Bonchev–Trinajstić information content (AvgIpc) is 3.07. The summed E-state index contributed by atoms with van der Waals surface area (Å²) in [6.45, 7) is 0.596. The minimum atomic E-state index is 0.123. The number of aromatic nitrogens is 6. The van der Waals surface area contributed by atoms with E-state index < -0.39 is 0 Å². The molecule has 0 radical (unpaired) electrons. The smallest absolute Gasteiger partial charge is 0.258 e. The molecule has 3 N–H and O–H groups in total. The summed E-state index contributed by atoms with van der Waals surface area (Å²) in [5.74, 6) is 0.837. The molecule has 3 heterocycles. The Kier molecular flexibility index (Phi) is 3.56. The normalized spacial score (nSPS) is 10.7. The predicted molar refractivity (Wildman–Crippen MR) is 78.5 cm³/mol. The molecule has 0 saturated carbocycles. The van der Waals surface area contributed by atoms with Gasteiger partial charge in [-0.3, -0.25) is 0 Å². The van der Waals surface area contributed by atoms with E-state index in [1.165, 1.54) is 17.3 Å². The lowest BCUT2D eigenvalue weighted by Gasteiger charge is -2.06. The third-order valence-corrected chi connectivity index (χ3v) is 4.29. The van der Waals surface area contributed by atoms with Gasteiger partial charge >= 0.3 is 0 Å². The van der Waals surface area contributed by atoms with Crippen molar-refractivity contribution in [3.63, 3.8) is 0 Å². The Bertz CT molecular complexity index is 710. The van der Waals surface area contributed by atoms with Gasteiger partial charge in [0.1, 0.15) is 12.7 Å². The molecule has 10 heteroatoms. The molecule has 0 aliphatic heterocycles. The lowest BCUT2D eigenvalue weighted by atomic mass is 10.5. The summed E-state index contributed by atoms with van der Waals surface area (Å²) in [5.41, 5.74) is 5.67. The van der Waals surface area contributed by atoms with Crippen LogP contribution >= 0.6 is 27.3 Å². The zero-order chi connectivity index (χ0) is 13.9. The van der Waals surface area contributed by atoms with Crippen LogP contribution in [0.15, 0.2) is 28.6 Å². The first kappa shape index (κ1) is 12.9. The van der Waals surface area contributed by atoms with Gasteiger partial charge in [-0.1, -0.05) is 0 Å². The molecule has 0 bridgehead atoms. The maximum atomic E-state index is 5.67. The van der Waals surface area contributed by atoms with Crippen LogP contribution in [0.1, 0.15) is 4.88 Å². The van der Waals surface area contributed by atoms with E-state index in [0.717, 1.165) is 9.35 Å². The molecule has 8 nitrogen and oxygen atoms in total. The van der Waals surface area contributed by atoms with E-state index in [2.05, 4.69) is 46.3 Å². The molecular formula is C10H9BrN8S. The number of thiophene rings is 1. The predicted octanol–water partition coefficient (Wildman–Crippen LogP) is 1.47. The van der Waals surface area contributed by atoms with Gasteiger partial charge in [-0.25, -0.2) is 4.98 Å². The van der Waals surface area contributed by atoms with Crippen molar-refractivity contribution in [2.75, 3.05) is 11.1 Å². The molecule has 0 aliphatic carbocycles. The monoisotopic (exact) mass is 352 g/mol. The van der Waals surface area contributed by atoms with Gasteiger partial charge in [-0.15, -0.1) is 11.3 Å². The summed E-state index contributed by atoms with van der Waals surface area (Å²) in [7, 11) is 0. The fraction of sp³-hybridized carbons (Fsp3) is 0.100. The Morgan fingerprint density at radius 1 is 1.35 bits per heavy atom. The summed E-state index contributed by atoms with van der Waals surface area (Å²) >= 11 is 5.11. The Labute approximate surface area is 126 Å². The maximum Gasteiger partial charge on any atom is 0.258 e. The van der Waals surface area contributed by atoms with Crippen LogP contribution in [0.25, 0.3) is 5.95 Å². The van der Waals surface area contributed by atoms with E-state index in [4.69, 9.17) is 5.73 Å². The van der Waals surface area contributed by atoms with Crippen molar-refractivity contribution in [1.29, 1.82) is 0 Å². The molecule has 3 aromatic heterocycles. The van der Waals surface area contributed by atoms with Crippen molar-refractivity contribution in [2.45, 2.75) is 6.54 Å². The maximum absolute atomic E-state index is 5.67. The molecule has 0 saturated heterocycles. The topological polar surface area (TPSA) is 107 Å².